The number of rotatable bonds is 6. The quantitative estimate of drug-likeness (QED) is 0.291. The lowest BCUT2D eigenvalue weighted by molar-refractivity contribution is -0.681. The van der Waals surface area contributed by atoms with Gasteiger partial charge in [0.15, 0.2) is 6.20 Å². The molecule has 3 rings (SSSR count). The van der Waals surface area contributed by atoms with Gasteiger partial charge in [-0.3, -0.25) is 9.59 Å². The lowest BCUT2D eigenvalue weighted by Gasteiger charge is -2.08. The van der Waals surface area contributed by atoms with Crippen LogP contribution >= 0.6 is 11.6 Å². The van der Waals surface area contributed by atoms with E-state index in [1.807, 2.05) is 30.3 Å². The molecule has 1 aromatic heterocycles. The average molecular weight is 410 g/mol. The van der Waals surface area contributed by atoms with Crippen LogP contribution in [0.3, 0.4) is 0 Å². The molecule has 0 radical (unpaired) electrons. The fraction of sp³-hybridized carbons (Fsp3) is 0.0870. The Hall–Kier alpha value is -3.31. The summed E-state index contributed by atoms with van der Waals surface area (Å²) in [6.45, 7) is -0.0135. The normalized spacial score (nSPS) is 11.2. The van der Waals surface area contributed by atoms with E-state index in [1.165, 1.54) is 30.3 Å². The summed E-state index contributed by atoms with van der Waals surface area (Å²) in [6.07, 6.45) is 3.23. The number of nitrogens with zero attached hydrogens (tertiary/aromatic N) is 1. The van der Waals surface area contributed by atoms with Crippen molar-refractivity contribution in [1.82, 2.24) is 5.32 Å². The van der Waals surface area contributed by atoms with Gasteiger partial charge in [0.2, 0.25) is 18.2 Å². The number of carbonyl (C=O) groups is 2. The van der Waals surface area contributed by atoms with E-state index in [-0.39, 0.29) is 18.2 Å². The molecule has 0 saturated carbocycles. The van der Waals surface area contributed by atoms with E-state index in [4.69, 9.17) is 11.6 Å². The third-order valence-corrected chi connectivity index (χ3v) is 4.71. The van der Waals surface area contributed by atoms with Crippen molar-refractivity contribution in [3.05, 3.63) is 107 Å². The van der Waals surface area contributed by atoms with Gasteiger partial charge in [0.1, 0.15) is 5.82 Å². The van der Waals surface area contributed by atoms with Gasteiger partial charge in [-0.25, -0.2) is 4.39 Å². The molecule has 0 aliphatic carbocycles. The summed E-state index contributed by atoms with van der Waals surface area (Å²) < 4.78 is 14.7. The zero-order valence-corrected chi connectivity index (χ0v) is 16.5. The third kappa shape index (κ3) is 5.15. The van der Waals surface area contributed by atoms with Crippen LogP contribution in [0.15, 0.2) is 79.0 Å². The Balaban J connectivity index is 1.97. The number of pyridine rings is 1. The standard InChI is InChI=1S/C23H18ClFN2O2/c1-26-23(29)13-20(16-5-3-2-4-6-16)18-9-12-22(24)27(14-18)15-21(28)17-7-10-19(25)11-8-17/h2-14H,15H2,1H3/p+1/b20-13-. The molecule has 0 spiro atoms. The van der Waals surface area contributed by atoms with Gasteiger partial charge in [-0.15, -0.1) is 0 Å². The molecule has 0 unspecified atom stereocenters. The molecule has 1 amide bonds. The Labute approximate surface area is 173 Å². The minimum Gasteiger partial charge on any atom is -0.356 e. The molecular formula is C23H19ClFN2O2+. The highest BCUT2D eigenvalue weighted by Crippen LogP contribution is 2.23. The number of Topliss-reactive ketones (excluding diaryl/α,β-unsaturated/α-hetero) is 1. The summed E-state index contributed by atoms with van der Waals surface area (Å²) in [7, 11) is 1.56. The van der Waals surface area contributed by atoms with Crippen LogP contribution in [0.4, 0.5) is 4.39 Å². The molecule has 2 aromatic carbocycles. The van der Waals surface area contributed by atoms with Crippen molar-refractivity contribution in [2.24, 2.45) is 0 Å². The molecule has 6 heteroatoms. The van der Waals surface area contributed by atoms with Gasteiger partial charge in [0.25, 0.3) is 5.15 Å². The number of ketones is 1. The van der Waals surface area contributed by atoms with Crippen molar-refractivity contribution >= 4 is 28.9 Å². The monoisotopic (exact) mass is 409 g/mol. The highest BCUT2D eigenvalue weighted by atomic mass is 35.5. The van der Waals surface area contributed by atoms with E-state index in [2.05, 4.69) is 5.32 Å². The molecule has 3 aromatic rings. The van der Waals surface area contributed by atoms with E-state index in [0.717, 1.165) is 11.1 Å². The van der Waals surface area contributed by atoms with Crippen LogP contribution in [-0.2, 0) is 11.3 Å². The zero-order chi connectivity index (χ0) is 20.8. The molecule has 0 aliphatic heterocycles. The number of carbonyl (C=O) groups excluding carboxylic acids is 2. The lowest BCUT2D eigenvalue weighted by Crippen LogP contribution is -2.39. The first kappa shape index (κ1) is 20.4. The van der Waals surface area contributed by atoms with Gasteiger partial charge in [-0.2, -0.15) is 4.57 Å². The second-order valence-electron chi connectivity index (χ2n) is 6.34. The zero-order valence-electron chi connectivity index (χ0n) is 15.7. The van der Waals surface area contributed by atoms with Crippen molar-refractivity contribution in [1.29, 1.82) is 0 Å². The van der Waals surface area contributed by atoms with Crippen LogP contribution in [0.5, 0.6) is 0 Å². The van der Waals surface area contributed by atoms with Gasteiger partial charge in [0.05, 0.1) is 0 Å². The van der Waals surface area contributed by atoms with Gasteiger partial charge in [-0.1, -0.05) is 30.3 Å². The molecule has 4 nitrogen and oxygen atoms in total. The largest absolute Gasteiger partial charge is 0.356 e. The molecule has 0 atom stereocenters. The maximum absolute atomic E-state index is 13.1. The Morgan fingerprint density at radius 1 is 0.966 bits per heavy atom. The summed E-state index contributed by atoms with van der Waals surface area (Å²) in [6, 6.07) is 18.3. The number of hydrogen-bond acceptors (Lipinski definition) is 2. The fourth-order valence-corrected chi connectivity index (χ4v) is 3.02. The van der Waals surface area contributed by atoms with Crippen molar-refractivity contribution in [3.8, 4) is 0 Å². The van der Waals surface area contributed by atoms with Gasteiger partial charge >= 0.3 is 0 Å². The van der Waals surface area contributed by atoms with Crippen LogP contribution in [0.25, 0.3) is 5.57 Å². The summed E-state index contributed by atoms with van der Waals surface area (Å²) >= 11 is 6.29. The Morgan fingerprint density at radius 3 is 2.28 bits per heavy atom. The fourth-order valence-electron chi connectivity index (χ4n) is 2.84. The molecule has 0 aliphatic rings. The third-order valence-electron chi connectivity index (χ3n) is 4.37. The number of benzene rings is 2. The van der Waals surface area contributed by atoms with Crippen molar-refractivity contribution in [3.63, 3.8) is 0 Å². The van der Waals surface area contributed by atoms with Crippen LogP contribution in [-0.4, -0.2) is 18.7 Å². The first-order valence-electron chi connectivity index (χ1n) is 8.95. The first-order chi connectivity index (χ1) is 14.0. The average Bonchev–Trinajstić information content (AvgIpc) is 2.74. The van der Waals surface area contributed by atoms with Gasteiger partial charge in [-0.05, 0) is 47.5 Å². The molecule has 0 bridgehead atoms. The molecule has 146 valence electrons. The number of amides is 1. The van der Waals surface area contributed by atoms with Crippen LogP contribution < -0.4 is 9.88 Å². The lowest BCUT2D eigenvalue weighted by atomic mass is 9.98. The van der Waals surface area contributed by atoms with Crippen LogP contribution in [0, 0.1) is 5.82 Å². The highest BCUT2D eigenvalue weighted by Gasteiger charge is 2.19. The molecule has 1 N–H and O–H groups in total. The summed E-state index contributed by atoms with van der Waals surface area (Å²) in [4.78, 5) is 24.6. The SMILES string of the molecule is CNC(=O)/C=C(/c1ccccc1)c1ccc(Cl)[n+](CC(=O)c2ccc(F)cc2)c1. The van der Waals surface area contributed by atoms with Crippen molar-refractivity contribution in [2.45, 2.75) is 6.54 Å². The Morgan fingerprint density at radius 2 is 1.62 bits per heavy atom. The maximum atomic E-state index is 13.1. The summed E-state index contributed by atoms with van der Waals surface area (Å²) in [5.41, 5.74) is 2.68. The summed E-state index contributed by atoms with van der Waals surface area (Å²) in [5.74, 6) is -0.848. The number of halogens is 2. The minimum absolute atomic E-state index is 0.0135. The number of likely N-dealkylation sites (N-methyl/N-ethyl adjacent to an activating group) is 1. The van der Waals surface area contributed by atoms with E-state index in [1.54, 1.807) is 29.9 Å². The van der Waals surface area contributed by atoms with Gasteiger partial charge < -0.3 is 5.32 Å². The first-order valence-corrected chi connectivity index (χ1v) is 9.32. The predicted octanol–water partition coefficient (Wildman–Crippen LogP) is 3.83. The maximum Gasteiger partial charge on any atom is 0.275 e. The smallest absolute Gasteiger partial charge is 0.275 e. The topological polar surface area (TPSA) is 50.1 Å². The minimum atomic E-state index is -0.402. The van der Waals surface area contributed by atoms with Gasteiger partial charge in [0, 0.05) is 35.9 Å². The predicted molar refractivity (Wildman–Crippen MR) is 110 cm³/mol. The second kappa shape index (κ2) is 9.26. The molecule has 0 saturated heterocycles. The highest BCUT2D eigenvalue weighted by molar-refractivity contribution is 6.28. The number of hydrogen-bond donors (Lipinski definition) is 1. The van der Waals surface area contributed by atoms with E-state index < -0.39 is 5.82 Å². The number of aromatic nitrogens is 1. The van der Waals surface area contributed by atoms with Crippen LogP contribution in [0.2, 0.25) is 5.15 Å². The van der Waals surface area contributed by atoms with E-state index in [9.17, 15) is 14.0 Å². The second-order valence-corrected chi connectivity index (χ2v) is 6.72. The van der Waals surface area contributed by atoms with E-state index in [0.29, 0.717) is 16.3 Å². The van der Waals surface area contributed by atoms with Crippen molar-refractivity contribution in [2.75, 3.05) is 7.05 Å². The Kier molecular flexibility index (Phi) is 6.52. The summed E-state index contributed by atoms with van der Waals surface area (Å²) in [5, 5.41) is 2.96. The molecule has 0 fully saturated rings. The van der Waals surface area contributed by atoms with Crippen molar-refractivity contribution < 1.29 is 18.5 Å². The number of nitrogens with one attached hydrogen (secondary N) is 1. The molecule has 1 heterocycles. The Bertz CT molecular complexity index is 1060. The molecule has 29 heavy (non-hydrogen) atoms. The van der Waals surface area contributed by atoms with E-state index >= 15 is 0 Å². The molecular weight excluding hydrogens is 391 g/mol. The van der Waals surface area contributed by atoms with Crippen LogP contribution in [0.1, 0.15) is 21.5 Å².